The van der Waals surface area contributed by atoms with Gasteiger partial charge in [0.1, 0.15) is 23.2 Å². The zero-order valence-electron chi connectivity index (χ0n) is 15.4. The molecular formula is C19H25N5O2. The molecule has 2 rings (SSSR count). The largest absolute Gasteiger partial charge is 0.497 e. The number of anilines is 2. The van der Waals surface area contributed by atoms with E-state index in [0.717, 1.165) is 29.5 Å². The van der Waals surface area contributed by atoms with Gasteiger partial charge in [-0.25, -0.2) is 9.97 Å². The number of nitrogens with one attached hydrogen (secondary N) is 3. The Morgan fingerprint density at radius 1 is 1.12 bits per heavy atom. The van der Waals surface area contributed by atoms with Crippen LogP contribution in [0.1, 0.15) is 18.3 Å². The van der Waals surface area contributed by atoms with Crippen molar-refractivity contribution in [3.63, 3.8) is 0 Å². The van der Waals surface area contributed by atoms with Crippen LogP contribution in [0.4, 0.5) is 11.6 Å². The van der Waals surface area contributed by atoms with Gasteiger partial charge in [-0.05, 0) is 37.6 Å². The molecule has 0 saturated heterocycles. The SMILES string of the molecule is CCNc1cc(NCCNC(=O)/C=C/c2ccc(OC)cc2)nc(C)n1. The predicted octanol–water partition coefficient (Wildman–Crippen LogP) is 2.47. The first-order valence-electron chi connectivity index (χ1n) is 8.54. The Labute approximate surface area is 153 Å². The molecule has 0 radical (unpaired) electrons. The minimum Gasteiger partial charge on any atom is -0.497 e. The number of carbonyl (C=O) groups excluding carboxylic acids is 1. The van der Waals surface area contributed by atoms with Crippen molar-refractivity contribution in [2.24, 2.45) is 0 Å². The van der Waals surface area contributed by atoms with Gasteiger partial charge >= 0.3 is 0 Å². The maximum atomic E-state index is 11.9. The van der Waals surface area contributed by atoms with E-state index in [0.29, 0.717) is 18.9 Å². The Morgan fingerprint density at radius 2 is 1.81 bits per heavy atom. The molecule has 1 amide bonds. The molecule has 0 unspecified atom stereocenters. The number of nitrogens with zero attached hydrogens (tertiary/aromatic N) is 2. The van der Waals surface area contributed by atoms with Crippen LogP contribution in [0.15, 0.2) is 36.4 Å². The van der Waals surface area contributed by atoms with Gasteiger partial charge in [0.15, 0.2) is 0 Å². The van der Waals surface area contributed by atoms with E-state index < -0.39 is 0 Å². The molecule has 0 bridgehead atoms. The number of amides is 1. The van der Waals surface area contributed by atoms with Crippen molar-refractivity contribution in [1.29, 1.82) is 0 Å². The van der Waals surface area contributed by atoms with Crippen molar-refractivity contribution in [2.75, 3.05) is 37.4 Å². The average molecular weight is 355 g/mol. The van der Waals surface area contributed by atoms with Crippen LogP contribution in [-0.4, -0.2) is 42.6 Å². The van der Waals surface area contributed by atoms with Crippen LogP contribution in [-0.2, 0) is 4.79 Å². The molecule has 0 fully saturated rings. The van der Waals surface area contributed by atoms with Gasteiger partial charge in [0.2, 0.25) is 5.91 Å². The van der Waals surface area contributed by atoms with Gasteiger partial charge in [-0.3, -0.25) is 4.79 Å². The molecule has 1 heterocycles. The van der Waals surface area contributed by atoms with Crippen LogP contribution < -0.4 is 20.7 Å². The molecule has 0 saturated carbocycles. The van der Waals surface area contributed by atoms with Crippen molar-refractivity contribution < 1.29 is 9.53 Å². The third-order valence-electron chi connectivity index (χ3n) is 3.47. The standard InChI is InChI=1S/C19H25N5O2/c1-4-20-17-13-18(24-14(2)23-17)21-11-12-22-19(25)10-7-15-5-8-16(26-3)9-6-15/h5-10,13H,4,11-12H2,1-3H3,(H,22,25)(H2,20,21,23,24)/b10-7+. The smallest absolute Gasteiger partial charge is 0.244 e. The first-order chi connectivity index (χ1) is 12.6. The summed E-state index contributed by atoms with van der Waals surface area (Å²) in [4.78, 5) is 20.5. The van der Waals surface area contributed by atoms with Crippen molar-refractivity contribution in [3.8, 4) is 5.75 Å². The fourth-order valence-electron chi connectivity index (χ4n) is 2.25. The Kier molecular flexibility index (Phi) is 7.42. The van der Waals surface area contributed by atoms with Gasteiger partial charge in [0.25, 0.3) is 0 Å². The number of methoxy groups -OCH3 is 1. The molecule has 26 heavy (non-hydrogen) atoms. The lowest BCUT2D eigenvalue weighted by atomic mass is 10.2. The van der Waals surface area contributed by atoms with Crippen molar-refractivity contribution in [3.05, 3.63) is 47.8 Å². The minimum absolute atomic E-state index is 0.144. The number of aromatic nitrogens is 2. The predicted molar refractivity (Wildman–Crippen MR) is 104 cm³/mol. The van der Waals surface area contributed by atoms with E-state index in [4.69, 9.17) is 4.74 Å². The highest BCUT2D eigenvalue weighted by atomic mass is 16.5. The Bertz CT molecular complexity index is 744. The summed E-state index contributed by atoms with van der Waals surface area (Å²) >= 11 is 0. The second-order valence-electron chi connectivity index (χ2n) is 5.54. The summed E-state index contributed by atoms with van der Waals surface area (Å²) in [6, 6.07) is 9.34. The molecule has 7 heteroatoms. The number of rotatable bonds is 9. The monoisotopic (exact) mass is 355 g/mol. The normalized spacial score (nSPS) is 10.6. The highest BCUT2D eigenvalue weighted by Gasteiger charge is 2.01. The zero-order valence-corrected chi connectivity index (χ0v) is 15.4. The molecule has 3 N–H and O–H groups in total. The fraction of sp³-hybridized carbons (Fsp3) is 0.316. The quantitative estimate of drug-likeness (QED) is 0.473. The number of benzene rings is 1. The molecule has 7 nitrogen and oxygen atoms in total. The van der Waals surface area contributed by atoms with Crippen LogP contribution in [0.2, 0.25) is 0 Å². The Morgan fingerprint density at radius 3 is 2.46 bits per heavy atom. The summed E-state index contributed by atoms with van der Waals surface area (Å²) in [7, 11) is 1.62. The topological polar surface area (TPSA) is 88.2 Å². The van der Waals surface area contributed by atoms with Gasteiger partial charge in [-0.1, -0.05) is 12.1 Å². The van der Waals surface area contributed by atoms with Crippen LogP contribution >= 0.6 is 0 Å². The molecule has 1 aromatic heterocycles. The van der Waals surface area contributed by atoms with Crippen molar-refractivity contribution in [2.45, 2.75) is 13.8 Å². The summed E-state index contributed by atoms with van der Waals surface area (Å²) in [5, 5.41) is 9.17. The molecule has 0 aliphatic heterocycles. The lowest BCUT2D eigenvalue weighted by Gasteiger charge is -2.09. The van der Waals surface area contributed by atoms with Crippen LogP contribution in [0.3, 0.4) is 0 Å². The average Bonchev–Trinajstić information content (AvgIpc) is 2.64. The molecule has 138 valence electrons. The Hall–Kier alpha value is -3.09. The van der Waals surface area contributed by atoms with Crippen LogP contribution in [0, 0.1) is 6.92 Å². The van der Waals surface area contributed by atoms with E-state index in [1.807, 2.05) is 44.2 Å². The molecule has 0 atom stereocenters. The first-order valence-corrected chi connectivity index (χ1v) is 8.54. The molecule has 2 aromatic rings. The third kappa shape index (κ3) is 6.43. The lowest BCUT2D eigenvalue weighted by molar-refractivity contribution is -0.116. The van der Waals surface area contributed by atoms with E-state index in [1.54, 1.807) is 13.2 Å². The highest BCUT2D eigenvalue weighted by Crippen LogP contribution is 2.12. The van der Waals surface area contributed by atoms with E-state index in [1.165, 1.54) is 6.08 Å². The number of hydrogen-bond donors (Lipinski definition) is 3. The number of ether oxygens (including phenoxy) is 1. The Balaban J connectivity index is 1.75. The van der Waals surface area contributed by atoms with Gasteiger partial charge < -0.3 is 20.7 Å². The molecular weight excluding hydrogens is 330 g/mol. The number of carbonyl (C=O) groups is 1. The summed E-state index contributed by atoms with van der Waals surface area (Å²) < 4.78 is 5.10. The molecule has 0 aliphatic carbocycles. The number of hydrogen-bond acceptors (Lipinski definition) is 6. The van der Waals surface area contributed by atoms with Crippen LogP contribution in [0.5, 0.6) is 5.75 Å². The van der Waals surface area contributed by atoms with Gasteiger partial charge in [0.05, 0.1) is 7.11 Å². The van der Waals surface area contributed by atoms with Crippen molar-refractivity contribution >= 4 is 23.6 Å². The first kappa shape index (κ1) is 19.2. The minimum atomic E-state index is -0.144. The van der Waals surface area contributed by atoms with E-state index in [-0.39, 0.29) is 5.91 Å². The second-order valence-corrected chi connectivity index (χ2v) is 5.54. The molecule has 0 spiro atoms. The van der Waals surface area contributed by atoms with E-state index in [2.05, 4.69) is 25.9 Å². The van der Waals surface area contributed by atoms with E-state index in [9.17, 15) is 4.79 Å². The van der Waals surface area contributed by atoms with Crippen LogP contribution in [0.25, 0.3) is 6.08 Å². The van der Waals surface area contributed by atoms with Gasteiger partial charge in [-0.2, -0.15) is 0 Å². The highest BCUT2D eigenvalue weighted by molar-refractivity contribution is 5.91. The molecule has 1 aromatic carbocycles. The fourth-order valence-corrected chi connectivity index (χ4v) is 2.25. The lowest BCUT2D eigenvalue weighted by Crippen LogP contribution is -2.27. The zero-order chi connectivity index (χ0) is 18.8. The van der Waals surface area contributed by atoms with Gasteiger partial charge in [-0.15, -0.1) is 0 Å². The third-order valence-corrected chi connectivity index (χ3v) is 3.47. The van der Waals surface area contributed by atoms with Gasteiger partial charge in [0, 0.05) is 31.8 Å². The second kappa shape index (κ2) is 10.0. The maximum absolute atomic E-state index is 11.9. The number of aryl methyl sites for hydroxylation is 1. The maximum Gasteiger partial charge on any atom is 0.244 e. The summed E-state index contributed by atoms with van der Waals surface area (Å²) in [6.07, 6.45) is 3.28. The summed E-state index contributed by atoms with van der Waals surface area (Å²) in [5.41, 5.74) is 0.937. The summed E-state index contributed by atoms with van der Waals surface area (Å²) in [6.45, 7) is 5.72. The summed E-state index contributed by atoms with van der Waals surface area (Å²) in [5.74, 6) is 2.85. The van der Waals surface area contributed by atoms with E-state index >= 15 is 0 Å². The van der Waals surface area contributed by atoms with Crippen molar-refractivity contribution in [1.82, 2.24) is 15.3 Å². The molecule has 0 aliphatic rings.